The molecule has 2 N–H and O–H groups in total. The van der Waals surface area contributed by atoms with E-state index < -0.39 is 0 Å². The van der Waals surface area contributed by atoms with Gasteiger partial charge in [-0.15, -0.1) is 0 Å². The van der Waals surface area contributed by atoms with Crippen LogP contribution in [0.4, 0.5) is 0 Å². The minimum absolute atomic E-state index is 0.131. The van der Waals surface area contributed by atoms with Gasteiger partial charge in [-0.05, 0) is 11.6 Å². The average molecular weight is 254 g/mol. The summed E-state index contributed by atoms with van der Waals surface area (Å²) in [6, 6.07) is 8.41. The molecule has 0 radical (unpaired) electrons. The largest absolute Gasteiger partial charge is 0.350 e. The van der Waals surface area contributed by atoms with Crippen LogP contribution in [0, 0.1) is 0 Å². The molecule has 1 atom stereocenters. The Kier molecular flexibility index (Phi) is 2.87. The summed E-state index contributed by atoms with van der Waals surface area (Å²) in [4.78, 5) is 4.45. The number of aromatic nitrogens is 3. The second-order valence-corrected chi connectivity index (χ2v) is 4.90. The van der Waals surface area contributed by atoms with Gasteiger partial charge in [0, 0.05) is 50.1 Å². The van der Waals surface area contributed by atoms with Gasteiger partial charge in [0.15, 0.2) is 0 Å². The van der Waals surface area contributed by atoms with Crippen LogP contribution in [-0.4, -0.2) is 20.7 Å². The second-order valence-electron chi connectivity index (χ2n) is 4.90. The molecule has 98 valence electrons. The molecule has 0 aliphatic rings. The Morgan fingerprint density at radius 3 is 2.68 bits per heavy atom. The lowest BCUT2D eigenvalue weighted by atomic mass is 9.98. The van der Waals surface area contributed by atoms with Gasteiger partial charge >= 0.3 is 0 Å². The maximum Gasteiger partial charge on any atom is 0.117 e. The summed E-state index contributed by atoms with van der Waals surface area (Å²) in [7, 11) is 4.08. The number of hydrogen-bond acceptors (Lipinski definition) is 2. The van der Waals surface area contributed by atoms with Crippen molar-refractivity contribution in [3.05, 3.63) is 54.2 Å². The quantitative estimate of drug-likeness (QED) is 0.777. The highest BCUT2D eigenvalue weighted by atomic mass is 15.0. The molecular weight excluding hydrogens is 236 g/mol. The van der Waals surface area contributed by atoms with Crippen molar-refractivity contribution in [1.82, 2.24) is 14.1 Å². The molecule has 3 aromatic rings. The van der Waals surface area contributed by atoms with Crippen molar-refractivity contribution in [3.63, 3.8) is 0 Å². The fraction of sp³-hybridized carbons (Fsp3) is 0.267. The monoisotopic (exact) mass is 254 g/mol. The Bertz CT molecular complexity index is 708. The van der Waals surface area contributed by atoms with E-state index in [0.717, 1.165) is 5.82 Å². The molecule has 0 fully saturated rings. The number of nitrogens with two attached hydrogens (primary N) is 1. The predicted molar refractivity (Wildman–Crippen MR) is 77.0 cm³/mol. The molecule has 0 aliphatic heterocycles. The van der Waals surface area contributed by atoms with Crippen LogP contribution in [0.15, 0.2) is 42.9 Å². The smallest absolute Gasteiger partial charge is 0.117 e. The van der Waals surface area contributed by atoms with Crippen molar-refractivity contribution in [2.24, 2.45) is 19.8 Å². The summed E-state index contributed by atoms with van der Waals surface area (Å²) >= 11 is 0. The molecule has 0 spiro atoms. The van der Waals surface area contributed by atoms with E-state index in [1.165, 1.54) is 16.5 Å². The first kappa shape index (κ1) is 12.0. The molecule has 1 aromatic carbocycles. The molecule has 3 rings (SSSR count). The molecule has 4 nitrogen and oxygen atoms in total. The first-order valence-corrected chi connectivity index (χ1v) is 6.43. The van der Waals surface area contributed by atoms with Gasteiger partial charge in [0.1, 0.15) is 5.82 Å². The molecule has 0 saturated carbocycles. The highest BCUT2D eigenvalue weighted by Gasteiger charge is 2.20. The molecule has 19 heavy (non-hydrogen) atoms. The summed E-state index contributed by atoms with van der Waals surface area (Å²) in [6.07, 6.45) is 5.95. The number of fused-ring (bicyclic) bond motifs is 1. The first-order valence-electron chi connectivity index (χ1n) is 6.43. The number of para-hydroxylation sites is 1. The maximum absolute atomic E-state index is 6.00. The average Bonchev–Trinajstić information content (AvgIpc) is 2.98. The maximum atomic E-state index is 6.00. The van der Waals surface area contributed by atoms with Crippen LogP contribution in [0.25, 0.3) is 10.9 Å². The highest BCUT2D eigenvalue weighted by molar-refractivity contribution is 5.84. The van der Waals surface area contributed by atoms with Crippen molar-refractivity contribution in [2.45, 2.75) is 5.92 Å². The van der Waals surface area contributed by atoms with Crippen LogP contribution in [0.2, 0.25) is 0 Å². The molecule has 2 heterocycles. The van der Waals surface area contributed by atoms with Gasteiger partial charge < -0.3 is 14.9 Å². The second kappa shape index (κ2) is 4.55. The molecule has 0 aliphatic carbocycles. The van der Waals surface area contributed by atoms with E-state index in [4.69, 9.17) is 5.73 Å². The van der Waals surface area contributed by atoms with Gasteiger partial charge in [0.25, 0.3) is 0 Å². The van der Waals surface area contributed by atoms with E-state index in [1.807, 2.05) is 24.0 Å². The van der Waals surface area contributed by atoms with Crippen molar-refractivity contribution >= 4 is 10.9 Å². The van der Waals surface area contributed by atoms with Crippen LogP contribution in [-0.2, 0) is 14.1 Å². The van der Waals surface area contributed by atoms with Gasteiger partial charge in [-0.3, -0.25) is 0 Å². The Labute approximate surface area is 112 Å². The summed E-state index contributed by atoms with van der Waals surface area (Å²) in [5, 5.41) is 1.25. The van der Waals surface area contributed by atoms with Gasteiger partial charge in [-0.2, -0.15) is 0 Å². The van der Waals surface area contributed by atoms with E-state index in [0.29, 0.717) is 6.54 Å². The number of imidazole rings is 1. The lowest BCUT2D eigenvalue weighted by Crippen LogP contribution is -2.17. The molecule has 2 aromatic heterocycles. The van der Waals surface area contributed by atoms with Gasteiger partial charge in [-0.1, -0.05) is 18.2 Å². The number of nitrogens with zero attached hydrogens (tertiary/aromatic N) is 3. The third-order valence-corrected chi connectivity index (χ3v) is 3.71. The normalized spacial score (nSPS) is 13.0. The Morgan fingerprint density at radius 1 is 1.21 bits per heavy atom. The number of aryl methyl sites for hydroxylation is 2. The fourth-order valence-electron chi connectivity index (χ4n) is 2.74. The standard InChI is InChI=1S/C15H18N4/c1-18-8-7-17-15(18)12(9-16)13-10-19(2)14-6-4-3-5-11(13)14/h3-8,10,12H,9,16H2,1-2H3. The molecule has 0 bridgehead atoms. The van der Waals surface area contributed by atoms with Crippen molar-refractivity contribution in [3.8, 4) is 0 Å². The van der Waals surface area contributed by atoms with Crippen LogP contribution >= 0.6 is 0 Å². The number of rotatable bonds is 3. The predicted octanol–water partition coefficient (Wildman–Crippen LogP) is 2.00. The Morgan fingerprint density at radius 2 is 2.00 bits per heavy atom. The zero-order chi connectivity index (χ0) is 13.4. The first-order chi connectivity index (χ1) is 9.22. The molecule has 0 amide bonds. The topological polar surface area (TPSA) is 48.8 Å². The van der Waals surface area contributed by atoms with E-state index in [-0.39, 0.29) is 5.92 Å². The van der Waals surface area contributed by atoms with Crippen LogP contribution < -0.4 is 5.73 Å². The third kappa shape index (κ3) is 1.85. The van der Waals surface area contributed by atoms with Gasteiger partial charge in [0.05, 0.1) is 5.92 Å². The van der Waals surface area contributed by atoms with Crippen LogP contribution in [0.1, 0.15) is 17.3 Å². The van der Waals surface area contributed by atoms with Crippen molar-refractivity contribution < 1.29 is 0 Å². The number of hydrogen-bond donors (Lipinski definition) is 1. The van der Waals surface area contributed by atoms with Crippen molar-refractivity contribution in [2.75, 3.05) is 6.54 Å². The number of benzene rings is 1. The van der Waals surface area contributed by atoms with Crippen molar-refractivity contribution in [1.29, 1.82) is 0 Å². The summed E-state index contributed by atoms with van der Waals surface area (Å²) < 4.78 is 4.19. The summed E-state index contributed by atoms with van der Waals surface area (Å²) in [5.74, 6) is 1.14. The summed E-state index contributed by atoms with van der Waals surface area (Å²) in [6.45, 7) is 0.554. The SMILES string of the molecule is Cn1ccnc1C(CN)c1cn(C)c2ccccc12. The van der Waals surface area contributed by atoms with Crippen LogP contribution in [0.5, 0.6) is 0 Å². The van der Waals surface area contributed by atoms with E-state index in [2.05, 4.69) is 47.1 Å². The molecule has 4 heteroatoms. The minimum Gasteiger partial charge on any atom is -0.350 e. The Balaban J connectivity index is 2.20. The zero-order valence-corrected chi connectivity index (χ0v) is 11.2. The van der Waals surface area contributed by atoms with Gasteiger partial charge in [-0.25, -0.2) is 4.98 Å². The zero-order valence-electron chi connectivity index (χ0n) is 11.2. The van der Waals surface area contributed by atoms with Gasteiger partial charge in [0.2, 0.25) is 0 Å². The minimum atomic E-state index is 0.131. The lowest BCUT2D eigenvalue weighted by molar-refractivity contribution is 0.699. The van der Waals surface area contributed by atoms with E-state index in [1.54, 1.807) is 0 Å². The van der Waals surface area contributed by atoms with E-state index >= 15 is 0 Å². The van der Waals surface area contributed by atoms with E-state index in [9.17, 15) is 0 Å². The molecular formula is C15H18N4. The highest BCUT2D eigenvalue weighted by Crippen LogP contribution is 2.30. The van der Waals surface area contributed by atoms with Crippen LogP contribution in [0.3, 0.4) is 0 Å². The molecule has 0 saturated heterocycles. The molecule has 1 unspecified atom stereocenters. The lowest BCUT2D eigenvalue weighted by Gasteiger charge is -2.14. The Hall–Kier alpha value is -2.07. The summed E-state index contributed by atoms with van der Waals surface area (Å²) in [5.41, 5.74) is 8.47. The fourth-order valence-corrected chi connectivity index (χ4v) is 2.74. The third-order valence-electron chi connectivity index (χ3n) is 3.71.